The molecular weight excluding hydrogens is 265 g/mol. The molecule has 1 aliphatic heterocycles. The minimum Gasteiger partial charge on any atom is -0.497 e. The Morgan fingerprint density at radius 2 is 1.71 bits per heavy atom. The second-order valence-corrected chi connectivity index (χ2v) is 5.17. The Kier molecular flexibility index (Phi) is 3.56. The van der Waals surface area contributed by atoms with Crippen molar-refractivity contribution in [2.45, 2.75) is 13.1 Å². The van der Waals surface area contributed by atoms with Crippen LogP contribution in [0.15, 0.2) is 42.5 Å². The molecule has 0 saturated carbocycles. The first-order valence-electron chi connectivity index (χ1n) is 6.85. The number of nitrogens with zero attached hydrogens (tertiary/aromatic N) is 1. The van der Waals surface area contributed by atoms with Crippen LogP contribution in [-0.2, 0) is 13.1 Å². The van der Waals surface area contributed by atoms with E-state index in [-0.39, 0.29) is 6.09 Å². The first kappa shape index (κ1) is 13.6. The third-order valence-corrected chi connectivity index (χ3v) is 3.62. The van der Waals surface area contributed by atoms with Crippen molar-refractivity contribution in [1.29, 1.82) is 0 Å². The molecule has 21 heavy (non-hydrogen) atoms. The van der Waals surface area contributed by atoms with Gasteiger partial charge in [-0.15, -0.1) is 0 Å². The van der Waals surface area contributed by atoms with Gasteiger partial charge in [0.25, 0.3) is 0 Å². The number of carbonyl (C=O) groups excluding carboxylic acids is 1. The van der Waals surface area contributed by atoms with Gasteiger partial charge in [0.2, 0.25) is 0 Å². The van der Waals surface area contributed by atoms with Gasteiger partial charge < -0.3 is 9.47 Å². The maximum absolute atomic E-state index is 12.2. The van der Waals surface area contributed by atoms with Gasteiger partial charge in [0.1, 0.15) is 19.3 Å². The quantitative estimate of drug-likeness (QED) is 0.782. The Bertz CT molecular complexity index is 670. The zero-order valence-electron chi connectivity index (χ0n) is 12.1. The molecule has 0 aliphatic carbocycles. The lowest BCUT2D eigenvalue weighted by molar-refractivity contribution is 0.152. The van der Waals surface area contributed by atoms with Crippen LogP contribution in [0.25, 0.3) is 0 Å². The number of carbonyl (C=O) groups is 1. The van der Waals surface area contributed by atoms with Crippen molar-refractivity contribution in [3.8, 4) is 11.5 Å². The van der Waals surface area contributed by atoms with Crippen molar-refractivity contribution in [3.63, 3.8) is 0 Å². The number of hydrogen-bond donors (Lipinski definition) is 0. The van der Waals surface area contributed by atoms with E-state index in [9.17, 15) is 4.79 Å². The summed E-state index contributed by atoms with van der Waals surface area (Å²) >= 11 is 0. The summed E-state index contributed by atoms with van der Waals surface area (Å²) in [5.74, 6) is 1.38. The lowest BCUT2D eigenvalue weighted by Crippen LogP contribution is -2.28. The zero-order chi connectivity index (χ0) is 14.8. The van der Waals surface area contributed by atoms with E-state index in [2.05, 4.69) is 0 Å². The maximum atomic E-state index is 12.2. The number of amides is 1. The normalized spacial score (nSPS) is 12.9. The van der Waals surface area contributed by atoms with Crippen molar-refractivity contribution in [1.82, 2.24) is 4.90 Å². The van der Waals surface area contributed by atoms with E-state index in [1.165, 1.54) is 0 Å². The molecule has 2 aromatic rings. The fraction of sp³-hybridized carbons (Fsp3) is 0.188. The largest absolute Gasteiger partial charge is 0.497 e. The van der Waals surface area contributed by atoms with E-state index in [1.807, 2.05) is 38.2 Å². The highest BCUT2D eigenvalue weighted by Gasteiger charge is 2.25. The average Bonchev–Trinajstić information content (AvgIpc) is 2.92. The standard InChI is InChI=1S/C16H16BNO3/c1-20-15-5-2-11-9-18(10-12(11)8-15)16(19)21-14-6-3-13(17)4-7-14/h2-8H,9-10,17H2,1H3. The fourth-order valence-electron chi connectivity index (χ4n) is 2.40. The van der Waals surface area contributed by atoms with Crippen LogP contribution in [0.2, 0.25) is 0 Å². The first-order valence-corrected chi connectivity index (χ1v) is 6.85. The summed E-state index contributed by atoms with van der Waals surface area (Å²) in [5.41, 5.74) is 3.38. The number of fused-ring (bicyclic) bond motifs is 1. The van der Waals surface area contributed by atoms with Crippen LogP contribution in [0.4, 0.5) is 4.79 Å². The van der Waals surface area contributed by atoms with Crippen LogP contribution in [0.5, 0.6) is 11.5 Å². The summed E-state index contributed by atoms with van der Waals surface area (Å²) in [7, 11) is 3.64. The topological polar surface area (TPSA) is 38.8 Å². The van der Waals surface area contributed by atoms with Gasteiger partial charge in [-0.1, -0.05) is 23.7 Å². The van der Waals surface area contributed by atoms with Crippen molar-refractivity contribution in [3.05, 3.63) is 53.6 Å². The van der Waals surface area contributed by atoms with Crippen LogP contribution in [0.1, 0.15) is 11.1 Å². The molecule has 106 valence electrons. The molecule has 1 amide bonds. The predicted molar refractivity (Wildman–Crippen MR) is 82.9 cm³/mol. The van der Waals surface area contributed by atoms with Gasteiger partial charge in [-0.2, -0.15) is 0 Å². The van der Waals surface area contributed by atoms with Gasteiger partial charge in [-0.3, -0.25) is 4.90 Å². The van der Waals surface area contributed by atoms with E-state index < -0.39 is 0 Å². The van der Waals surface area contributed by atoms with Gasteiger partial charge >= 0.3 is 6.09 Å². The van der Waals surface area contributed by atoms with Crippen LogP contribution < -0.4 is 14.9 Å². The molecule has 0 N–H and O–H groups in total. The summed E-state index contributed by atoms with van der Waals surface area (Å²) in [6, 6.07) is 13.3. The molecule has 0 fully saturated rings. The number of rotatable bonds is 2. The van der Waals surface area contributed by atoms with Crippen LogP contribution in [0.3, 0.4) is 0 Å². The zero-order valence-corrected chi connectivity index (χ0v) is 12.1. The summed E-state index contributed by atoms with van der Waals surface area (Å²) in [4.78, 5) is 13.9. The molecule has 2 aromatic carbocycles. The fourth-order valence-corrected chi connectivity index (χ4v) is 2.40. The Labute approximate surface area is 124 Å². The van der Waals surface area contributed by atoms with Gasteiger partial charge in [0.15, 0.2) is 0 Å². The van der Waals surface area contributed by atoms with Gasteiger partial charge in [0.05, 0.1) is 7.11 Å². The highest BCUT2D eigenvalue weighted by Crippen LogP contribution is 2.27. The minimum atomic E-state index is -0.325. The number of benzene rings is 2. The summed E-state index contributed by atoms with van der Waals surface area (Å²) in [6.45, 7) is 1.13. The SMILES string of the molecule is Bc1ccc(OC(=O)N2Cc3ccc(OC)cc3C2)cc1. The Hall–Kier alpha value is -2.43. The molecule has 0 aromatic heterocycles. The molecular formula is C16H16BNO3. The maximum Gasteiger partial charge on any atom is 0.415 e. The Morgan fingerprint density at radius 3 is 2.43 bits per heavy atom. The number of methoxy groups -OCH3 is 1. The van der Waals surface area contributed by atoms with E-state index in [4.69, 9.17) is 9.47 Å². The molecule has 4 nitrogen and oxygen atoms in total. The van der Waals surface area contributed by atoms with Crippen molar-refractivity contribution in [2.24, 2.45) is 0 Å². The molecule has 3 rings (SSSR count). The molecule has 0 atom stereocenters. The monoisotopic (exact) mass is 281 g/mol. The smallest absolute Gasteiger partial charge is 0.415 e. The van der Waals surface area contributed by atoms with Crippen LogP contribution >= 0.6 is 0 Å². The highest BCUT2D eigenvalue weighted by atomic mass is 16.6. The second kappa shape index (κ2) is 5.52. The van der Waals surface area contributed by atoms with E-state index >= 15 is 0 Å². The number of hydrogen-bond acceptors (Lipinski definition) is 3. The Morgan fingerprint density at radius 1 is 1.05 bits per heavy atom. The summed E-state index contributed by atoms with van der Waals surface area (Å²) in [5, 5.41) is 0. The van der Waals surface area contributed by atoms with Gasteiger partial charge in [-0.05, 0) is 35.4 Å². The van der Waals surface area contributed by atoms with Crippen molar-refractivity contribution in [2.75, 3.05) is 7.11 Å². The molecule has 0 bridgehead atoms. The van der Waals surface area contributed by atoms with Crippen molar-refractivity contribution >= 4 is 19.4 Å². The van der Waals surface area contributed by atoms with Gasteiger partial charge in [0, 0.05) is 13.1 Å². The third kappa shape index (κ3) is 2.87. The molecule has 0 radical (unpaired) electrons. The lowest BCUT2D eigenvalue weighted by Gasteiger charge is -2.15. The summed E-state index contributed by atoms with van der Waals surface area (Å²) in [6.07, 6.45) is -0.325. The second-order valence-electron chi connectivity index (χ2n) is 5.17. The molecule has 0 spiro atoms. The number of ether oxygens (including phenoxy) is 2. The predicted octanol–water partition coefficient (Wildman–Crippen LogP) is 1.47. The Balaban J connectivity index is 1.69. The van der Waals surface area contributed by atoms with E-state index in [1.54, 1.807) is 24.1 Å². The summed E-state index contributed by atoms with van der Waals surface area (Å²) < 4.78 is 10.6. The van der Waals surface area contributed by atoms with Gasteiger partial charge in [-0.25, -0.2) is 4.79 Å². The molecule has 0 unspecified atom stereocenters. The first-order chi connectivity index (χ1) is 10.2. The minimum absolute atomic E-state index is 0.325. The van der Waals surface area contributed by atoms with Crippen molar-refractivity contribution < 1.29 is 14.3 Å². The van der Waals surface area contributed by atoms with E-state index in [0.717, 1.165) is 22.3 Å². The van der Waals surface area contributed by atoms with Crippen LogP contribution in [-0.4, -0.2) is 25.9 Å². The average molecular weight is 281 g/mol. The molecule has 1 heterocycles. The van der Waals surface area contributed by atoms with E-state index in [0.29, 0.717) is 18.8 Å². The highest BCUT2D eigenvalue weighted by molar-refractivity contribution is 6.32. The van der Waals surface area contributed by atoms with Crippen LogP contribution in [0, 0.1) is 0 Å². The lowest BCUT2D eigenvalue weighted by atomic mass is 9.97. The molecule has 1 aliphatic rings. The third-order valence-electron chi connectivity index (χ3n) is 3.62. The molecule has 5 heteroatoms. The molecule has 0 saturated heterocycles.